The maximum Gasteiger partial charge on any atom is 0.353 e. The molecule has 4 aromatic rings. The number of nitrogens with one attached hydrogen (secondary N) is 1. The van der Waals surface area contributed by atoms with Crippen LogP contribution in [0, 0.1) is 5.92 Å². The third-order valence-electron chi connectivity index (χ3n) is 6.80. The SMILES string of the molecule is CCc1nn(C(=O)CC2CCCCC2)c(=O)n1Cc1ccc(-c2ccccc2-c2nn[nH]n2)cc1. The van der Waals surface area contributed by atoms with Crippen molar-refractivity contribution in [2.24, 2.45) is 5.92 Å². The molecule has 1 aliphatic carbocycles. The summed E-state index contributed by atoms with van der Waals surface area (Å²) >= 11 is 0. The highest BCUT2D eigenvalue weighted by atomic mass is 16.2. The van der Waals surface area contributed by atoms with E-state index in [0.29, 0.717) is 37.0 Å². The molecular formula is C26H29N7O2. The summed E-state index contributed by atoms with van der Waals surface area (Å²) < 4.78 is 2.70. The molecule has 35 heavy (non-hydrogen) atoms. The maximum atomic E-state index is 13.1. The summed E-state index contributed by atoms with van der Waals surface area (Å²) in [5, 5.41) is 18.8. The van der Waals surface area contributed by atoms with E-state index in [1.54, 1.807) is 4.57 Å². The van der Waals surface area contributed by atoms with Gasteiger partial charge in [0.2, 0.25) is 5.82 Å². The molecule has 2 aromatic heterocycles. The zero-order valence-electron chi connectivity index (χ0n) is 19.9. The average molecular weight is 472 g/mol. The smallest absolute Gasteiger partial charge is 0.274 e. The first-order valence-electron chi connectivity index (χ1n) is 12.3. The number of aromatic nitrogens is 7. The van der Waals surface area contributed by atoms with Crippen molar-refractivity contribution in [3.8, 4) is 22.5 Å². The van der Waals surface area contributed by atoms with Crippen LogP contribution >= 0.6 is 0 Å². The van der Waals surface area contributed by atoms with Crippen molar-refractivity contribution in [3.63, 3.8) is 0 Å². The van der Waals surface area contributed by atoms with E-state index in [2.05, 4.69) is 25.7 Å². The number of H-pyrrole nitrogens is 1. The van der Waals surface area contributed by atoms with Crippen LogP contribution in [0.1, 0.15) is 61.6 Å². The van der Waals surface area contributed by atoms with Gasteiger partial charge in [0, 0.05) is 18.4 Å². The topological polar surface area (TPSA) is 111 Å². The van der Waals surface area contributed by atoms with Crippen LogP contribution in [-0.2, 0) is 13.0 Å². The van der Waals surface area contributed by atoms with E-state index in [1.807, 2.05) is 55.5 Å². The third-order valence-corrected chi connectivity index (χ3v) is 6.80. The summed E-state index contributed by atoms with van der Waals surface area (Å²) in [6.45, 7) is 2.32. The van der Waals surface area contributed by atoms with Crippen LogP contribution in [0.4, 0.5) is 0 Å². The van der Waals surface area contributed by atoms with Gasteiger partial charge in [-0.15, -0.1) is 20.0 Å². The summed E-state index contributed by atoms with van der Waals surface area (Å²) in [5.41, 5.74) is 3.50. The third kappa shape index (κ3) is 4.84. The van der Waals surface area contributed by atoms with Gasteiger partial charge in [-0.3, -0.25) is 9.36 Å². The molecule has 0 aliphatic heterocycles. The van der Waals surface area contributed by atoms with Crippen LogP contribution in [0.3, 0.4) is 0 Å². The van der Waals surface area contributed by atoms with E-state index in [0.717, 1.165) is 52.6 Å². The number of aryl methyl sites for hydroxylation is 1. The zero-order chi connectivity index (χ0) is 24.2. The summed E-state index contributed by atoms with van der Waals surface area (Å²) in [5.74, 6) is 1.33. The Morgan fingerprint density at radius 3 is 2.46 bits per heavy atom. The molecule has 9 nitrogen and oxygen atoms in total. The van der Waals surface area contributed by atoms with Gasteiger partial charge in [-0.2, -0.15) is 5.21 Å². The van der Waals surface area contributed by atoms with Gasteiger partial charge in [-0.1, -0.05) is 74.7 Å². The maximum absolute atomic E-state index is 13.1. The highest BCUT2D eigenvalue weighted by Crippen LogP contribution is 2.30. The van der Waals surface area contributed by atoms with Crippen molar-refractivity contribution in [1.29, 1.82) is 0 Å². The number of nitrogens with zero attached hydrogens (tertiary/aromatic N) is 6. The molecular weight excluding hydrogens is 442 g/mol. The second kappa shape index (κ2) is 10.2. The number of tetrazole rings is 1. The van der Waals surface area contributed by atoms with E-state index in [1.165, 1.54) is 6.42 Å². The molecule has 180 valence electrons. The molecule has 0 unspecified atom stereocenters. The fourth-order valence-electron chi connectivity index (χ4n) is 4.92. The first-order valence-corrected chi connectivity index (χ1v) is 12.3. The second-order valence-corrected chi connectivity index (χ2v) is 9.13. The summed E-state index contributed by atoms with van der Waals surface area (Å²) in [7, 11) is 0. The van der Waals surface area contributed by atoms with E-state index in [9.17, 15) is 9.59 Å². The fourth-order valence-corrected chi connectivity index (χ4v) is 4.92. The predicted molar refractivity (Wildman–Crippen MR) is 132 cm³/mol. The molecule has 1 fully saturated rings. The number of carbonyl (C=O) groups is 1. The van der Waals surface area contributed by atoms with Crippen molar-refractivity contribution >= 4 is 5.91 Å². The van der Waals surface area contributed by atoms with Crippen molar-refractivity contribution in [1.82, 2.24) is 35.0 Å². The molecule has 2 aromatic carbocycles. The predicted octanol–water partition coefficient (Wildman–Crippen LogP) is 4.11. The molecule has 1 aliphatic rings. The van der Waals surface area contributed by atoms with Gasteiger partial charge in [0.25, 0.3) is 5.91 Å². The number of rotatable bonds is 7. The molecule has 0 saturated heterocycles. The van der Waals surface area contributed by atoms with Gasteiger partial charge in [0.1, 0.15) is 5.82 Å². The van der Waals surface area contributed by atoms with E-state index < -0.39 is 0 Å². The van der Waals surface area contributed by atoms with Crippen molar-refractivity contribution < 1.29 is 4.79 Å². The second-order valence-electron chi connectivity index (χ2n) is 9.13. The van der Waals surface area contributed by atoms with E-state index >= 15 is 0 Å². The lowest BCUT2D eigenvalue weighted by molar-refractivity contribution is 0.0846. The molecule has 9 heteroatoms. The van der Waals surface area contributed by atoms with Crippen LogP contribution < -0.4 is 5.69 Å². The molecule has 0 amide bonds. The average Bonchev–Trinajstić information content (AvgIpc) is 3.54. The van der Waals surface area contributed by atoms with E-state index in [4.69, 9.17) is 0 Å². The van der Waals surface area contributed by atoms with E-state index in [-0.39, 0.29) is 11.6 Å². The van der Waals surface area contributed by atoms with Gasteiger partial charge in [0.15, 0.2) is 0 Å². The minimum absolute atomic E-state index is 0.191. The molecule has 0 atom stereocenters. The lowest BCUT2D eigenvalue weighted by Gasteiger charge is -2.20. The van der Waals surface area contributed by atoms with Crippen LogP contribution in [0.15, 0.2) is 53.3 Å². The van der Waals surface area contributed by atoms with Crippen LogP contribution in [0.5, 0.6) is 0 Å². The quantitative estimate of drug-likeness (QED) is 0.434. The molecule has 0 bridgehead atoms. The van der Waals surface area contributed by atoms with Gasteiger partial charge in [-0.05, 0) is 40.7 Å². The fraction of sp³-hybridized carbons (Fsp3) is 0.385. The number of carbonyl (C=O) groups excluding carboxylic acids is 1. The Balaban J connectivity index is 1.37. The van der Waals surface area contributed by atoms with Crippen molar-refractivity contribution in [2.75, 3.05) is 0 Å². The molecule has 0 radical (unpaired) electrons. The molecule has 0 spiro atoms. The Kier molecular flexibility index (Phi) is 6.65. The first-order chi connectivity index (χ1) is 17.1. The molecule has 5 rings (SSSR count). The van der Waals surface area contributed by atoms with Crippen LogP contribution in [0.2, 0.25) is 0 Å². The van der Waals surface area contributed by atoms with Crippen LogP contribution in [0.25, 0.3) is 22.5 Å². The Bertz CT molecular complexity index is 1350. The lowest BCUT2D eigenvalue weighted by atomic mass is 9.87. The highest BCUT2D eigenvalue weighted by molar-refractivity contribution is 5.80. The minimum Gasteiger partial charge on any atom is -0.274 e. The number of hydrogen-bond acceptors (Lipinski definition) is 6. The molecule has 1 N–H and O–H groups in total. The van der Waals surface area contributed by atoms with Gasteiger partial charge < -0.3 is 0 Å². The van der Waals surface area contributed by atoms with Crippen molar-refractivity contribution in [2.45, 2.75) is 58.4 Å². The largest absolute Gasteiger partial charge is 0.353 e. The van der Waals surface area contributed by atoms with Gasteiger partial charge >= 0.3 is 5.69 Å². The molecule has 2 heterocycles. The van der Waals surface area contributed by atoms with Gasteiger partial charge in [-0.25, -0.2) is 4.79 Å². The summed E-state index contributed by atoms with van der Waals surface area (Å²) in [6.07, 6.45) is 6.66. The Labute approximate surface area is 203 Å². The number of benzene rings is 2. The number of hydrogen-bond donors (Lipinski definition) is 1. The summed E-state index contributed by atoms with van der Waals surface area (Å²) in [6, 6.07) is 15.9. The highest BCUT2D eigenvalue weighted by Gasteiger charge is 2.22. The lowest BCUT2D eigenvalue weighted by Crippen LogP contribution is -2.31. The van der Waals surface area contributed by atoms with Crippen molar-refractivity contribution in [3.05, 3.63) is 70.4 Å². The minimum atomic E-state index is -0.353. The summed E-state index contributed by atoms with van der Waals surface area (Å²) in [4.78, 5) is 26.0. The Hall–Kier alpha value is -3.88. The zero-order valence-corrected chi connectivity index (χ0v) is 19.9. The van der Waals surface area contributed by atoms with Gasteiger partial charge in [0.05, 0.1) is 6.54 Å². The normalized spacial score (nSPS) is 14.3. The standard InChI is InChI=1S/C26H29N7O2/c1-2-23-29-33(24(34)16-18-8-4-3-5-9-18)26(35)32(23)17-19-12-14-20(15-13-19)21-10-6-7-11-22(21)25-27-30-31-28-25/h6-7,10-15,18H,2-5,8-9,16-17H2,1H3,(H,27,28,30,31). The first kappa shape index (κ1) is 22.9. The number of aromatic amines is 1. The molecule has 1 saturated carbocycles. The van der Waals surface area contributed by atoms with Crippen LogP contribution in [-0.4, -0.2) is 40.9 Å². The monoisotopic (exact) mass is 471 g/mol. The Morgan fingerprint density at radius 1 is 1.03 bits per heavy atom. The Morgan fingerprint density at radius 2 is 1.77 bits per heavy atom.